The molecule has 0 bridgehead atoms. The molecule has 2 aliphatic rings. The van der Waals surface area contributed by atoms with Crippen molar-refractivity contribution in [3.05, 3.63) is 45.8 Å². The molecule has 35 heavy (non-hydrogen) atoms. The van der Waals surface area contributed by atoms with Gasteiger partial charge in [-0.25, -0.2) is 13.2 Å². The zero-order chi connectivity index (χ0) is 25.0. The molecule has 1 saturated carbocycles. The van der Waals surface area contributed by atoms with Gasteiger partial charge in [0, 0.05) is 23.5 Å². The van der Waals surface area contributed by atoms with E-state index < -0.39 is 16.0 Å². The number of rotatable bonds is 7. The molecule has 4 rings (SSSR count). The van der Waals surface area contributed by atoms with E-state index in [9.17, 15) is 18.0 Å². The second-order valence-corrected chi connectivity index (χ2v) is 12.4. The van der Waals surface area contributed by atoms with Crippen molar-refractivity contribution in [2.45, 2.75) is 82.1 Å². The third-order valence-corrected chi connectivity index (χ3v) is 10.1. The van der Waals surface area contributed by atoms with E-state index in [0.717, 1.165) is 74.6 Å². The number of thiophene rings is 1. The van der Waals surface area contributed by atoms with Gasteiger partial charge in [-0.2, -0.15) is 4.31 Å². The highest BCUT2D eigenvalue weighted by atomic mass is 32.2. The third kappa shape index (κ3) is 5.62. The van der Waals surface area contributed by atoms with Gasteiger partial charge in [-0.05, 0) is 75.3 Å². The van der Waals surface area contributed by atoms with Crippen LogP contribution in [0.4, 0.5) is 5.00 Å². The van der Waals surface area contributed by atoms with Crippen LogP contribution in [0.5, 0.6) is 0 Å². The Morgan fingerprint density at radius 3 is 2.37 bits per heavy atom. The average molecular weight is 519 g/mol. The van der Waals surface area contributed by atoms with E-state index in [2.05, 4.69) is 5.32 Å². The summed E-state index contributed by atoms with van der Waals surface area (Å²) in [5.74, 6) is -0.786. The van der Waals surface area contributed by atoms with Gasteiger partial charge in [-0.15, -0.1) is 11.3 Å². The number of benzene rings is 1. The Kier molecular flexibility index (Phi) is 8.29. The number of ether oxygens (including phenoxy) is 1. The van der Waals surface area contributed by atoms with Gasteiger partial charge in [0.25, 0.3) is 5.91 Å². The number of carbonyl (C=O) groups excluding carboxylic acids is 2. The molecule has 9 heteroatoms. The molecule has 1 N–H and O–H groups in total. The Labute approximate surface area is 211 Å². The third-order valence-electron chi connectivity index (χ3n) is 7.01. The molecule has 0 saturated heterocycles. The first-order valence-electron chi connectivity index (χ1n) is 12.5. The highest BCUT2D eigenvalue weighted by Crippen LogP contribution is 2.38. The van der Waals surface area contributed by atoms with Crippen molar-refractivity contribution < 1.29 is 22.7 Å². The highest BCUT2D eigenvalue weighted by molar-refractivity contribution is 7.89. The SMILES string of the molecule is CCOC(=O)c1c(NC(=O)c2ccc(S(=O)(=O)N(C)C3CCCCC3)cc2)sc2c1CCCCC2. The number of carbonyl (C=O) groups is 2. The van der Waals surface area contributed by atoms with Gasteiger partial charge >= 0.3 is 5.97 Å². The Hall–Kier alpha value is -2.23. The van der Waals surface area contributed by atoms with Crippen LogP contribution in [0.3, 0.4) is 0 Å². The van der Waals surface area contributed by atoms with E-state index in [1.807, 2.05) is 0 Å². The summed E-state index contributed by atoms with van der Waals surface area (Å²) in [4.78, 5) is 27.1. The molecule has 0 aliphatic heterocycles. The van der Waals surface area contributed by atoms with Crippen molar-refractivity contribution in [1.29, 1.82) is 0 Å². The molecule has 0 radical (unpaired) electrons. The maximum absolute atomic E-state index is 13.1. The molecule has 0 unspecified atom stereocenters. The monoisotopic (exact) mass is 518 g/mol. The van der Waals surface area contributed by atoms with Crippen molar-refractivity contribution in [3.8, 4) is 0 Å². The van der Waals surface area contributed by atoms with Crippen LogP contribution >= 0.6 is 11.3 Å². The van der Waals surface area contributed by atoms with Gasteiger partial charge in [0.2, 0.25) is 10.0 Å². The largest absolute Gasteiger partial charge is 0.462 e. The Morgan fingerprint density at radius 1 is 1.03 bits per heavy atom. The second kappa shape index (κ2) is 11.2. The van der Waals surface area contributed by atoms with Crippen molar-refractivity contribution in [3.63, 3.8) is 0 Å². The molecule has 190 valence electrons. The fourth-order valence-corrected chi connectivity index (χ4v) is 7.70. The first-order chi connectivity index (χ1) is 16.8. The van der Waals surface area contributed by atoms with Gasteiger partial charge < -0.3 is 10.1 Å². The summed E-state index contributed by atoms with van der Waals surface area (Å²) in [7, 11) is -1.98. The molecule has 1 aromatic carbocycles. The van der Waals surface area contributed by atoms with Crippen LogP contribution in [-0.4, -0.2) is 44.3 Å². The molecule has 1 fully saturated rings. The van der Waals surface area contributed by atoms with Crippen molar-refractivity contribution in [1.82, 2.24) is 4.31 Å². The molecular weight excluding hydrogens is 484 g/mol. The summed E-state index contributed by atoms with van der Waals surface area (Å²) in [6.07, 6.45) is 9.89. The summed E-state index contributed by atoms with van der Waals surface area (Å²) < 4.78 is 33.0. The van der Waals surface area contributed by atoms with Crippen LogP contribution in [0.1, 0.15) is 89.4 Å². The minimum absolute atomic E-state index is 0.0204. The van der Waals surface area contributed by atoms with Gasteiger partial charge in [0.15, 0.2) is 0 Å². The second-order valence-electron chi connectivity index (χ2n) is 9.28. The fraction of sp³-hybridized carbons (Fsp3) is 0.538. The normalized spacial score (nSPS) is 17.0. The number of amides is 1. The minimum atomic E-state index is -3.63. The number of esters is 1. The van der Waals surface area contributed by atoms with Crippen LogP contribution in [0.25, 0.3) is 0 Å². The molecule has 1 amide bonds. The van der Waals surface area contributed by atoms with Crippen LogP contribution in [-0.2, 0) is 27.6 Å². The van der Waals surface area contributed by atoms with Gasteiger partial charge in [0.1, 0.15) is 5.00 Å². The van der Waals surface area contributed by atoms with Gasteiger partial charge in [0.05, 0.1) is 17.1 Å². The summed E-state index contributed by atoms with van der Waals surface area (Å²) in [5.41, 5.74) is 1.80. The first-order valence-corrected chi connectivity index (χ1v) is 14.8. The number of anilines is 1. The van der Waals surface area contributed by atoms with Crippen molar-refractivity contribution in [2.75, 3.05) is 19.0 Å². The standard InChI is InChI=1S/C26H34N2O5S2/c1-3-33-26(30)23-21-12-8-5-9-13-22(21)34-25(23)27-24(29)18-14-16-20(17-15-18)35(31,32)28(2)19-10-6-4-7-11-19/h14-17,19H,3-13H2,1-2H3,(H,27,29). The van der Waals surface area contributed by atoms with Gasteiger partial charge in [-0.1, -0.05) is 25.7 Å². The average Bonchev–Trinajstić information content (AvgIpc) is 3.04. The Balaban J connectivity index is 1.53. The zero-order valence-corrected chi connectivity index (χ0v) is 22.1. The lowest BCUT2D eigenvalue weighted by molar-refractivity contribution is 0.0527. The lowest BCUT2D eigenvalue weighted by Gasteiger charge is -2.30. The number of hydrogen-bond acceptors (Lipinski definition) is 6. The maximum Gasteiger partial charge on any atom is 0.341 e. The summed E-state index contributed by atoms with van der Waals surface area (Å²) in [6.45, 7) is 2.03. The lowest BCUT2D eigenvalue weighted by atomic mass is 9.96. The fourth-order valence-electron chi connectivity index (χ4n) is 5.01. The van der Waals surface area contributed by atoms with Gasteiger partial charge in [-0.3, -0.25) is 4.79 Å². The van der Waals surface area contributed by atoms with E-state index in [-0.39, 0.29) is 23.5 Å². The smallest absolute Gasteiger partial charge is 0.341 e. The van der Waals surface area contributed by atoms with Crippen molar-refractivity contribution in [2.24, 2.45) is 0 Å². The minimum Gasteiger partial charge on any atom is -0.462 e. The van der Waals surface area contributed by atoms with Crippen LogP contribution in [0.15, 0.2) is 29.2 Å². The molecule has 1 aromatic heterocycles. The van der Waals surface area contributed by atoms with Crippen molar-refractivity contribution >= 4 is 38.2 Å². The molecule has 0 atom stereocenters. The maximum atomic E-state index is 13.1. The van der Waals surface area contributed by atoms with E-state index in [0.29, 0.717) is 16.1 Å². The molecule has 2 aliphatic carbocycles. The molecule has 7 nitrogen and oxygen atoms in total. The number of hydrogen-bond donors (Lipinski definition) is 1. The molecule has 1 heterocycles. The lowest BCUT2D eigenvalue weighted by Crippen LogP contribution is -2.38. The number of nitrogens with one attached hydrogen (secondary N) is 1. The number of aryl methyl sites for hydroxylation is 1. The van der Waals surface area contributed by atoms with E-state index in [1.54, 1.807) is 14.0 Å². The van der Waals surface area contributed by atoms with E-state index in [1.165, 1.54) is 39.9 Å². The van der Waals surface area contributed by atoms with Crippen LogP contribution in [0.2, 0.25) is 0 Å². The number of fused-ring (bicyclic) bond motifs is 1. The summed E-state index contributed by atoms with van der Waals surface area (Å²) >= 11 is 1.44. The highest BCUT2D eigenvalue weighted by Gasteiger charge is 2.30. The molecular formula is C26H34N2O5S2. The quantitative estimate of drug-likeness (QED) is 0.391. The van der Waals surface area contributed by atoms with Crippen LogP contribution in [0, 0.1) is 0 Å². The number of sulfonamides is 1. The van der Waals surface area contributed by atoms with Crippen LogP contribution < -0.4 is 5.32 Å². The predicted octanol–water partition coefficient (Wildman–Crippen LogP) is 5.40. The van der Waals surface area contributed by atoms with E-state index in [4.69, 9.17) is 4.74 Å². The topological polar surface area (TPSA) is 92.8 Å². The molecule has 2 aromatic rings. The first kappa shape index (κ1) is 25.9. The Bertz CT molecular complexity index is 1170. The summed E-state index contributed by atoms with van der Waals surface area (Å²) in [6, 6.07) is 6.05. The van der Waals surface area contributed by atoms with E-state index >= 15 is 0 Å². The number of nitrogens with zero attached hydrogens (tertiary/aromatic N) is 1. The predicted molar refractivity (Wildman–Crippen MR) is 138 cm³/mol. The zero-order valence-electron chi connectivity index (χ0n) is 20.5. The summed E-state index contributed by atoms with van der Waals surface area (Å²) in [5, 5.41) is 3.40. The molecule has 0 spiro atoms. The Morgan fingerprint density at radius 2 is 1.69 bits per heavy atom.